The molecular formula is C13H17F3. The van der Waals surface area contributed by atoms with Gasteiger partial charge in [0.15, 0.2) is 0 Å². The van der Waals surface area contributed by atoms with Gasteiger partial charge in [-0.05, 0) is 23.5 Å². The first kappa shape index (κ1) is 13.1. The second-order valence-electron chi connectivity index (χ2n) is 4.28. The summed E-state index contributed by atoms with van der Waals surface area (Å²) >= 11 is 0. The zero-order valence-corrected chi connectivity index (χ0v) is 9.86. The standard InChI is InChI=1S/C13H17F3/c1-4-6-10-7-5-8-11(9(2)3)12(10)13(14,15)16/h5,7-9H,4,6H2,1-3H3. The summed E-state index contributed by atoms with van der Waals surface area (Å²) in [6.45, 7) is 5.48. The molecule has 1 rings (SSSR count). The van der Waals surface area contributed by atoms with Crippen molar-refractivity contribution in [1.29, 1.82) is 0 Å². The summed E-state index contributed by atoms with van der Waals surface area (Å²) in [5.41, 5.74) is 0.395. The fourth-order valence-corrected chi connectivity index (χ4v) is 1.92. The minimum Gasteiger partial charge on any atom is -0.166 e. The van der Waals surface area contributed by atoms with E-state index in [0.29, 0.717) is 17.5 Å². The third-order valence-electron chi connectivity index (χ3n) is 2.61. The molecule has 1 aromatic rings. The van der Waals surface area contributed by atoms with E-state index in [1.165, 1.54) is 0 Å². The van der Waals surface area contributed by atoms with Crippen LogP contribution in [-0.2, 0) is 12.6 Å². The number of hydrogen-bond donors (Lipinski definition) is 0. The van der Waals surface area contributed by atoms with Gasteiger partial charge in [-0.2, -0.15) is 13.2 Å². The Balaban J connectivity index is 3.35. The Morgan fingerprint density at radius 3 is 2.25 bits per heavy atom. The first-order chi connectivity index (χ1) is 7.38. The molecule has 0 bridgehead atoms. The highest BCUT2D eigenvalue weighted by Crippen LogP contribution is 2.37. The average Bonchev–Trinajstić information content (AvgIpc) is 2.16. The molecule has 1 aromatic carbocycles. The van der Waals surface area contributed by atoms with Crippen molar-refractivity contribution in [2.45, 2.75) is 45.7 Å². The largest absolute Gasteiger partial charge is 0.416 e. The zero-order chi connectivity index (χ0) is 12.3. The molecule has 0 fully saturated rings. The van der Waals surface area contributed by atoms with Crippen LogP contribution in [0.3, 0.4) is 0 Å². The summed E-state index contributed by atoms with van der Waals surface area (Å²) in [6, 6.07) is 4.88. The van der Waals surface area contributed by atoms with Crippen molar-refractivity contribution < 1.29 is 13.2 Å². The second kappa shape index (κ2) is 4.89. The van der Waals surface area contributed by atoms with Gasteiger partial charge in [0.2, 0.25) is 0 Å². The minimum absolute atomic E-state index is 0.103. The maximum absolute atomic E-state index is 13.0. The topological polar surface area (TPSA) is 0 Å². The van der Waals surface area contributed by atoms with Gasteiger partial charge in [0.1, 0.15) is 0 Å². The first-order valence-electron chi connectivity index (χ1n) is 5.56. The lowest BCUT2D eigenvalue weighted by molar-refractivity contribution is -0.139. The molecule has 0 aliphatic carbocycles. The van der Waals surface area contributed by atoms with Crippen LogP contribution in [0.2, 0.25) is 0 Å². The van der Waals surface area contributed by atoms with Crippen LogP contribution in [0.5, 0.6) is 0 Å². The molecule has 0 atom stereocenters. The van der Waals surface area contributed by atoms with Crippen molar-refractivity contribution in [2.24, 2.45) is 0 Å². The number of alkyl halides is 3. The molecule has 0 heterocycles. The number of rotatable bonds is 3. The average molecular weight is 230 g/mol. The predicted octanol–water partition coefficient (Wildman–Crippen LogP) is 4.78. The van der Waals surface area contributed by atoms with Gasteiger partial charge in [0.05, 0.1) is 5.56 Å². The van der Waals surface area contributed by atoms with Gasteiger partial charge in [-0.1, -0.05) is 45.4 Å². The second-order valence-corrected chi connectivity index (χ2v) is 4.28. The van der Waals surface area contributed by atoms with Crippen molar-refractivity contribution in [1.82, 2.24) is 0 Å². The smallest absolute Gasteiger partial charge is 0.166 e. The van der Waals surface area contributed by atoms with Gasteiger partial charge in [0.25, 0.3) is 0 Å². The molecular weight excluding hydrogens is 213 g/mol. The monoisotopic (exact) mass is 230 g/mol. The van der Waals surface area contributed by atoms with Crippen LogP contribution in [0.15, 0.2) is 18.2 Å². The lowest BCUT2D eigenvalue weighted by atomic mass is 9.91. The van der Waals surface area contributed by atoms with Gasteiger partial charge >= 0.3 is 6.18 Å². The van der Waals surface area contributed by atoms with Crippen molar-refractivity contribution >= 4 is 0 Å². The normalized spacial score (nSPS) is 12.2. The molecule has 0 amide bonds. The van der Waals surface area contributed by atoms with Crippen molar-refractivity contribution in [3.8, 4) is 0 Å². The molecule has 3 heteroatoms. The maximum atomic E-state index is 13.0. The van der Waals surface area contributed by atoms with Crippen LogP contribution >= 0.6 is 0 Å². The van der Waals surface area contributed by atoms with E-state index >= 15 is 0 Å². The first-order valence-corrected chi connectivity index (χ1v) is 5.56. The van der Waals surface area contributed by atoms with Crippen molar-refractivity contribution in [3.63, 3.8) is 0 Å². The quantitative estimate of drug-likeness (QED) is 0.700. The molecule has 0 unspecified atom stereocenters. The van der Waals surface area contributed by atoms with Crippen molar-refractivity contribution in [3.05, 3.63) is 34.9 Å². The Hall–Kier alpha value is -0.990. The number of benzene rings is 1. The molecule has 90 valence electrons. The molecule has 0 spiro atoms. The van der Waals surface area contributed by atoms with Crippen LogP contribution in [0, 0.1) is 0 Å². The van der Waals surface area contributed by atoms with E-state index in [9.17, 15) is 13.2 Å². The number of halogens is 3. The lowest BCUT2D eigenvalue weighted by Crippen LogP contribution is -2.13. The summed E-state index contributed by atoms with van der Waals surface area (Å²) in [5.74, 6) is -0.103. The molecule has 0 saturated heterocycles. The lowest BCUT2D eigenvalue weighted by Gasteiger charge is -2.19. The third-order valence-corrected chi connectivity index (χ3v) is 2.61. The highest BCUT2D eigenvalue weighted by molar-refractivity contribution is 5.39. The Morgan fingerprint density at radius 1 is 1.19 bits per heavy atom. The molecule has 0 saturated carbocycles. The Labute approximate surface area is 94.5 Å². The highest BCUT2D eigenvalue weighted by Gasteiger charge is 2.36. The van der Waals surface area contributed by atoms with Crippen LogP contribution in [-0.4, -0.2) is 0 Å². The fraction of sp³-hybridized carbons (Fsp3) is 0.538. The third kappa shape index (κ3) is 2.77. The Bertz CT molecular complexity index is 351. The number of aryl methyl sites for hydroxylation is 1. The van der Waals surface area contributed by atoms with Crippen molar-refractivity contribution in [2.75, 3.05) is 0 Å². The van der Waals surface area contributed by atoms with Crippen LogP contribution in [0.1, 0.15) is 49.8 Å². The Kier molecular flexibility index (Phi) is 4.00. The van der Waals surface area contributed by atoms with E-state index < -0.39 is 11.7 Å². The van der Waals surface area contributed by atoms with Gasteiger partial charge in [-0.3, -0.25) is 0 Å². The van der Waals surface area contributed by atoms with E-state index in [0.717, 1.165) is 6.42 Å². The fourth-order valence-electron chi connectivity index (χ4n) is 1.92. The van der Waals surface area contributed by atoms with Gasteiger partial charge in [-0.25, -0.2) is 0 Å². The SMILES string of the molecule is CCCc1cccc(C(C)C)c1C(F)(F)F. The minimum atomic E-state index is -4.24. The molecule has 0 N–H and O–H groups in total. The van der Waals surface area contributed by atoms with E-state index in [2.05, 4.69) is 0 Å². The molecule has 16 heavy (non-hydrogen) atoms. The van der Waals surface area contributed by atoms with E-state index in [-0.39, 0.29) is 5.92 Å². The van der Waals surface area contributed by atoms with Crippen LogP contribution in [0.4, 0.5) is 13.2 Å². The van der Waals surface area contributed by atoms with Gasteiger partial charge in [-0.15, -0.1) is 0 Å². The van der Waals surface area contributed by atoms with E-state index in [1.54, 1.807) is 32.0 Å². The summed E-state index contributed by atoms with van der Waals surface area (Å²) in [6.07, 6.45) is -3.04. The molecule has 0 aliphatic rings. The zero-order valence-electron chi connectivity index (χ0n) is 9.86. The Morgan fingerprint density at radius 2 is 1.81 bits per heavy atom. The molecule has 0 aromatic heterocycles. The summed E-state index contributed by atoms with van der Waals surface area (Å²) in [5, 5.41) is 0. The maximum Gasteiger partial charge on any atom is 0.416 e. The van der Waals surface area contributed by atoms with Crippen LogP contribution < -0.4 is 0 Å². The number of hydrogen-bond acceptors (Lipinski definition) is 0. The molecule has 0 aliphatic heterocycles. The molecule has 0 radical (unpaired) electrons. The molecule has 0 nitrogen and oxygen atoms in total. The van der Waals surface area contributed by atoms with Crippen LogP contribution in [0.25, 0.3) is 0 Å². The predicted molar refractivity (Wildman–Crippen MR) is 59.5 cm³/mol. The van der Waals surface area contributed by atoms with E-state index in [1.807, 2.05) is 6.92 Å². The van der Waals surface area contributed by atoms with E-state index in [4.69, 9.17) is 0 Å². The highest BCUT2D eigenvalue weighted by atomic mass is 19.4. The summed E-state index contributed by atoms with van der Waals surface area (Å²) in [7, 11) is 0. The summed E-state index contributed by atoms with van der Waals surface area (Å²) < 4.78 is 39.0. The van der Waals surface area contributed by atoms with Gasteiger partial charge < -0.3 is 0 Å². The summed E-state index contributed by atoms with van der Waals surface area (Å²) in [4.78, 5) is 0. The van der Waals surface area contributed by atoms with Gasteiger partial charge in [0, 0.05) is 0 Å².